The topological polar surface area (TPSA) is 61.3 Å². The molecule has 0 aliphatic carbocycles. The van der Waals surface area contributed by atoms with E-state index in [9.17, 15) is 4.79 Å². The molecule has 0 N–H and O–H groups in total. The van der Waals surface area contributed by atoms with Gasteiger partial charge in [0.25, 0.3) is 5.19 Å². The number of esters is 1. The molecule has 1 aromatic carbocycles. The van der Waals surface area contributed by atoms with E-state index >= 15 is 0 Å². The van der Waals surface area contributed by atoms with E-state index in [0.29, 0.717) is 16.5 Å². The number of hydrogen-bond acceptors (Lipinski definition) is 6. The number of nitrogens with zero attached hydrogens (tertiary/aromatic N) is 2. The van der Waals surface area contributed by atoms with Crippen LogP contribution in [-0.2, 0) is 4.74 Å². The number of aromatic nitrogens is 2. The molecule has 0 saturated carbocycles. The first kappa shape index (κ1) is 11.5. The predicted molar refractivity (Wildman–Crippen MR) is 62.5 cm³/mol. The van der Waals surface area contributed by atoms with Crippen LogP contribution in [0.3, 0.4) is 0 Å². The third-order valence-corrected chi connectivity index (χ3v) is 2.68. The van der Waals surface area contributed by atoms with Crippen molar-refractivity contribution in [3.8, 4) is 10.9 Å². The Kier molecular flexibility index (Phi) is 3.34. The smallest absolute Gasteiger partial charge is 0.337 e. The number of methoxy groups -OCH3 is 1. The van der Waals surface area contributed by atoms with Gasteiger partial charge in [-0.15, -0.1) is 0 Å². The van der Waals surface area contributed by atoms with E-state index in [1.54, 1.807) is 18.2 Å². The molecule has 1 heterocycles. The summed E-state index contributed by atoms with van der Waals surface area (Å²) in [6.07, 6.45) is 1.43. The largest absolute Gasteiger partial charge is 0.465 e. The third kappa shape index (κ3) is 2.59. The Morgan fingerprint density at radius 1 is 1.41 bits per heavy atom. The quantitative estimate of drug-likeness (QED) is 0.783. The van der Waals surface area contributed by atoms with E-state index in [-0.39, 0.29) is 5.97 Å². The van der Waals surface area contributed by atoms with Crippen molar-refractivity contribution in [2.75, 3.05) is 7.11 Å². The Labute approximate surface area is 102 Å². The van der Waals surface area contributed by atoms with Crippen LogP contribution in [0.5, 0.6) is 10.9 Å². The van der Waals surface area contributed by atoms with Crippen LogP contribution in [0.1, 0.15) is 15.9 Å². The molecule has 0 radical (unpaired) electrons. The summed E-state index contributed by atoms with van der Waals surface area (Å²) in [5.41, 5.74) is 1.33. The Morgan fingerprint density at radius 3 is 2.82 bits per heavy atom. The van der Waals surface area contributed by atoms with E-state index in [4.69, 9.17) is 4.74 Å². The van der Waals surface area contributed by atoms with Crippen LogP contribution in [0.2, 0.25) is 0 Å². The van der Waals surface area contributed by atoms with Crippen molar-refractivity contribution in [2.24, 2.45) is 0 Å². The van der Waals surface area contributed by atoms with Gasteiger partial charge in [0.1, 0.15) is 12.1 Å². The molecule has 2 rings (SSSR count). The minimum absolute atomic E-state index is 0.365. The lowest BCUT2D eigenvalue weighted by Gasteiger charge is -2.06. The molecule has 17 heavy (non-hydrogen) atoms. The summed E-state index contributed by atoms with van der Waals surface area (Å²) in [4.78, 5) is 15.2. The Hall–Kier alpha value is -1.95. The summed E-state index contributed by atoms with van der Waals surface area (Å²) >= 11 is 1.17. The first-order valence-corrected chi connectivity index (χ1v) is 5.61. The fourth-order valence-electron chi connectivity index (χ4n) is 1.31. The normalized spacial score (nSPS) is 10.0. The molecule has 1 aromatic heterocycles. The maximum Gasteiger partial charge on any atom is 0.337 e. The average molecular weight is 250 g/mol. The minimum Gasteiger partial charge on any atom is -0.465 e. The van der Waals surface area contributed by atoms with Gasteiger partial charge in [-0.1, -0.05) is 0 Å². The lowest BCUT2D eigenvalue weighted by Crippen LogP contribution is -2.01. The van der Waals surface area contributed by atoms with E-state index in [0.717, 1.165) is 5.56 Å². The molecule has 5 nitrogen and oxygen atoms in total. The van der Waals surface area contributed by atoms with Crippen LogP contribution in [0.15, 0.2) is 24.5 Å². The lowest BCUT2D eigenvalue weighted by atomic mass is 10.1. The maximum absolute atomic E-state index is 11.3. The number of ether oxygens (including phenoxy) is 2. The van der Waals surface area contributed by atoms with Crippen molar-refractivity contribution in [3.63, 3.8) is 0 Å². The van der Waals surface area contributed by atoms with Crippen LogP contribution >= 0.6 is 11.5 Å². The molecule has 0 amide bonds. The maximum atomic E-state index is 11.3. The Bertz CT molecular complexity index is 526. The van der Waals surface area contributed by atoms with Crippen LogP contribution in [0.25, 0.3) is 0 Å². The second kappa shape index (κ2) is 4.92. The van der Waals surface area contributed by atoms with Crippen molar-refractivity contribution < 1.29 is 14.3 Å². The van der Waals surface area contributed by atoms with Gasteiger partial charge in [0.15, 0.2) is 0 Å². The van der Waals surface area contributed by atoms with Gasteiger partial charge >= 0.3 is 5.97 Å². The minimum atomic E-state index is -0.365. The molecule has 0 aliphatic rings. The number of carbonyl (C=O) groups is 1. The predicted octanol–water partition coefficient (Wildman–Crippen LogP) is 2.43. The molecule has 0 unspecified atom stereocenters. The van der Waals surface area contributed by atoms with E-state index in [1.165, 1.54) is 25.0 Å². The zero-order chi connectivity index (χ0) is 12.3. The molecular weight excluding hydrogens is 240 g/mol. The highest BCUT2D eigenvalue weighted by Gasteiger charge is 2.09. The van der Waals surface area contributed by atoms with Crippen molar-refractivity contribution in [1.82, 2.24) is 9.36 Å². The number of aryl methyl sites for hydroxylation is 1. The van der Waals surface area contributed by atoms with Crippen LogP contribution in [-0.4, -0.2) is 22.4 Å². The van der Waals surface area contributed by atoms with Crippen molar-refractivity contribution >= 4 is 17.5 Å². The van der Waals surface area contributed by atoms with Crippen molar-refractivity contribution in [1.29, 1.82) is 0 Å². The van der Waals surface area contributed by atoms with Gasteiger partial charge in [-0.05, 0) is 30.7 Å². The summed E-state index contributed by atoms with van der Waals surface area (Å²) < 4.78 is 14.0. The molecular formula is C11H10N2O3S. The highest BCUT2D eigenvalue weighted by atomic mass is 32.1. The van der Waals surface area contributed by atoms with Gasteiger partial charge < -0.3 is 9.47 Å². The second-order valence-corrected chi connectivity index (χ2v) is 4.02. The Morgan fingerprint density at radius 2 is 2.24 bits per heavy atom. The van der Waals surface area contributed by atoms with Gasteiger partial charge in [-0.2, -0.15) is 9.36 Å². The number of hydrogen-bond donors (Lipinski definition) is 0. The third-order valence-electron chi connectivity index (χ3n) is 2.13. The number of benzene rings is 1. The van der Waals surface area contributed by atoms with E-state index < -0.39 is 0 Å². The van der Waals surface area contributed by atoms with Gasteiger partial charge in [0.05, 0.1) is 12.7 Å². The summed E-state index contributed by atoms with van der Waals surface area (Å²) in [7, 11) is 1.35. The van der Waals surface area contributed by atoms with Gasteiger partial charge in [-0.25, -0.2) is 4.79 Å². The standard InChI is InChI=1S/C11H10N2O3S/c1-7-5-8(10(14)15-2)3-4-9(7)16-11-12-6-13-17-11/h3-6H,1-2H3. The van der Waals surface area contributed by atoms with Crippen LogP contribution in [0, 0.1) is 6.92 Å². The summed E-state index contributed by atoms with van der Waals surface area (Å²) in [6, 6.07) is 5.07. The molecule has 6 heteroatoms. The highest BCUT2D eigenvalue weighted by molar-refractivity contribution is 7.07. The lowest BCUT2D eigenvalue weighted by molar-refractivity contribution is 0.0600. The summed E-state index contributed by atoms with van der Waals surface area (Å²) in [6.45, 7) is 1.85. The molecule has 0 spiro atoms. The molecule has 0 atom stereocenters. The highest BCUT2D eigenvalue weighted by Crippen LogP contribution is 2.26. The first-order chi connectivity index (χ1) is 8.20. The monoisotopic (exact) mass is 250 g/mol. The zero-order valence-electron chi connectivity index (χ0n) is 9.34. The molecule has 0 bridgehead atoms. The number of carbonyl (C=O) groups excluding carboxylic acids is 1. The molecule has 0 saturated heterocycles. The molecule has 0 fully saturated rings. The van der Waals surface area contributed by atoms with Gasteiger partial charge in [0.2, 0.25) is 0 Å². The van der Waals surface area contributed by atoms with Crippen molar-refractivity contribution in [3.05, 3.63) is 35.7 Å². The molecule has 88 valence electrons. The Balaban J connectivity index is 2.23. The van der Waals surface area contributed by atoms with Gasteiger partial charge in [-0.3, -0.25) is 0 Å². The fourth-order valence-corrected chi connectivity index (χ4v) is 1.72. The second-order valence-electron chi connectivity index (χ2n) is 3.28. The first-order valence-electron chi connectivity index (χ1n) is 4.84. The summed E-state index contributed by atoms with van der Waals surface area (Å²) in [5, 5.41) is 0.471. The summed E-state index contributed by atoms with van der Waals surface area (Å²) in [5.74, 6) is 0.282. The van der Waals surface area contributed by atoms with Crippen molar-refractivity contribution in [2.45, 2.75) is 6.92 Å². The number of rotatable bonds is 3. The SMILES string of the molecule is COC(=O)c1ccc(Oc2ncns2)c(C)c1. The van der Waals surface area contributed by atoms with Crippen LogP contribution in [0.4, 0.5) is 0 Å². The molecule has 2 aromatic rings. The van der Waals surface area contributed by atoms with E-state index in [2.05, 4.69) is 14.1 Å². The fraction of sp³-hybridized carbons (Fsp3) is 0.182. The zero-order valence-corrected chi connectivity index (χ0v) is 10.2. The average Bonchev–Trinajstić information content (AvgIpc) is 2.83. The van der Waals surface area contributed by atoms with Gasteiger partial charge in [0, 0.05) is 11.5 Å². The molecule has 0 aliphatic heterocycles. The van der Waals surface area contributed by atoms with E-state index in [1.807, 2.05) is 6.92 Å². The van der Waals surface area contributed by atoms with Crippen LogP contribution < -0.4 is 4.74 Å².